The number of aromatic nitrogens is 1. The van der Waals surface area contributed by atoms with Gasteiger partial charge in [0.25, 0.3) is 0 Å². The molecular weight excluding hydrogens is 286 g/mol. The molecule has 2 aromatic rings. The quantitative estimate of drug-likeness (QED) is 0.759. The number of nitrogens with zero attached hydrogens (tertiary/aromatic N) is 1. The Hall–Kier alpha value is -1.88. The van der Waals surface area contributed by atoms with Crippen molar-refractivity contribution < 1.29 is 14.6 Å². The first-order chi connectivity index (χ1) is 10.1. The molecule has 5 heteroatoms. The minimum atomic E-state index is -0.835. The number of aryl methyl sites for hydroxylation is 2. The highest BCUT2D eigenvalue weighted by molar-refractivity contribution is 7.09. The van der Waals surface area contributed by atoms with E-state index in [1.807, 2.05) is 36.6 Å². The molecule has 0 saturated heterocycles. The van der Waals surface area contributed by atoms with Gasteiger partial charge >= 0.3 is 5.97 Å². The molecule has 0 bridgehead atoms. The number of ether oxygens (including phenoxy) is 1. The van der Waals surface area contributed by atoms with Gasteiger partial charge in [-0.2, -0.15) is 0 Å². The fourth-order valence-electron chi connectivity index (χ4n) is 1.97. The van der Waals surface area contributed by atoms with Crippen molar-refractivity contribution in [2.75, 3.05) is 6.61 Å². The summed E-state index contributed by atoms with van der Waals surface area (Å²) in [5, 5.41) is 11.5. The van der Waals surface area contributed by atoms with Gasteiger partial charge in [-0.05, 0) is 43.9 Å². The normalized spacial score (nSPS) is 10.5. The zero-order valence-corrected chi connectivity index (χ0v) is 12.9. The van der Waals surface area contributed by atoms with Crippen LogP contribution in [0.4, 0.5) is 0 Å². The summed E-state index contributed by atoms with van der Waals surface area (Å²) in [4.78, 5) is 14.9. The first-order valence-corrected chi connectivity index (χ1v) is 7.86. The van der Waals surface area contributed by atoms with E-state index in [0.29, 0.717) is 12.3 Å². The number of unbranched alkanes of at least 4 members (excludes halogenated alkanes) is 1. The summed E-state index contributed by atoms with van der Waals surface area (Å²) in [6, 6.07) is 8.03. The number of thiazole rings is 1. The zero-order valence-electron chi connectivity index (χ0n) is 12.0. The highest BCUT2D eigenvalue weighted by Gasteiger charge is 2.06. The standard InChI is InChI=1S/C16H19NO3S/c1-12-5-4-6-14(9-12)20-8-3-2-7-15-17-13(11-21-15)10-16(18)19/h4-6,9,11H,2-3,7-8,10H2,1H3,(H,18,19). The van der Waals surface area contributed by atoms with E-state index in [1.54, 1.807) is 0 Å². The van der Waals surface area contributed by atoms with Gasteiger partial charge in [-0.15, -0.1) is 11.3 Å². The highest BCUT2D eigenvalue weighted by atomic mass is 32.1. The maximum absolute atomic E-state index is 10.6. The molecule has 4 nitrogen and oxygen atoms in total. The van der Waals surface area contributed by atoms with Crippen LogP contribution in [-0.2, 0) is 17.6 Å². The fourth-order valence-corrected chi connectivity index (χ4v) is 2.81. The molecule has 0 aliphatic rings. The monoisotopic (exact) mass is 305 g/mol. The summed E-state index contributed by atoms with van der Waals surface area (Å²) in [5.41, 5.74) is 1.85. The number of hydrogen-bond acceptors (Lipinski definition) is 4. The number of rotatable bonds is 8. The van der Waals surface area contributed by atoms with Gasteiger partial charge in [0.05, 0.1) is 23.7 Å². The molecule has 0 spiro atoms. The fraction of sp³-hybridized carbons (Fsp3) is 0.375. The van der Waals surface area contributed by atoms with E-state index in [4.69, 9.17) is 9.84 Å². The Balaban J connectivity index is 1.65. The van der Waals surface area contributed by atoms with Gasteiger partial charge in [0.15, 0.2) is 0 Å². The van der Waals surface area contributed by atoms with Crippen molar-refractivity contribution in [2.45, 2.75) is 32.6 Å². The van der Waals surface area contributed by atoms with Crippen molar-refractivity contribution >= 4 is 17.3 Å². The molecule has 0 aliphatic heterocycles. The Morgan fingerprint density at radius 3 is 3.00 bits per heavy atom. The lowest BCUT2D eigenvalue weighted by Crippen LogP contribution is -2.01. The average molecular weight is 305 g/mol. The predicted molar refractivity (Wildman–Crippen MR) is 83.1 cm³/mol. The third kappa shape index (κ3) is 5.55. The first kappa shape index (κ1) is 15.5. The highest BCUT2D eigenvalue weighted by Crippen LogP contribution is 2.15. The van der Waals surface area contributed by atoms with Crippen molar-refractivity contribution in [1.29, 1.82) is 0 Å². The molecule has 112 valence electrons. The van der Waals surface area contributed by atoms with Crippen LogP contribution < -0.4 is 4.74 Å². The van der Waals surface area contributed by atoms with Crippen LogP contribution in [-0.4, -0.2) is 22.7 Å². The SMILES string of the molecule is Cc1cccc(OCCCCc2nc(CC(=O)O)cs2)c1. The molecule has 0 amide bonds. The molecule has 0 fully saturated rings. The van der Waals surface area contributed by atoms with E-state index in [0.717, 1.165) is 30.0 Å². The topological polar surface area (TPSA) is 59.4 Å². The van der Waals surface area contributed by atoms with Crippen LogP contribution >= 0.6 is 11.3 Å². The minimum absolute atomic E-state index is 0.00691. The average Bonchev–Trinajstić information content (AvgIpc) is 2.85. The number of carboxylic acids is 1. The third-order valence-electron chi connectivity index (χ3n) is 2.97. The van der Waals surface area contributed by atoms with Crippen LogP contribution in [0.2, 0.25) is 0 Å². The second-order valence-corrected chi connectivity index (χ2v) is 5.87. The Labute approximate surface area is 128 Å². The van der Waals surface area contributed by atoms with Gasteiger partial charge in [-0.25, -0.2) is 4.98 Å². The summed E-state index contributed by atoms with van der Waals surface area (Å²) >= 11 is 1.53. The molecule has 1 aromatic carbocycles. The predicted octanol–water partition coefficient (Wildman–Crippen LogP) is 3.48. The molecule has 0 saturated carbocycles. The largest absolute Gasteiger partial charge is 0.494 e. The number of aliphatic carboxylic acids is 1. The molecule has 0 aliphatic carbocycles. The number of carbonyl (C=O) groups is 1. The summed E-state index contributed by atoms with van der Waals surface area (Å²) in [6.45, 7) is 2.74. The molecule has 2 rings (SSSR count). The Kier molecular flexibility index (Phi) is 5.75. The molecular formula is C16H19NO3S. The van der Waals surface area contributed by atoms with Crippen molar-refractivity contribution in [3.05, 3.63) is 45.9 Å². The maximum Gasteiger partial charge on any atom is 0.309 e. The van der Waals surface area contributed by atoms with Crippen molar-refractivity contribution in [1.82, 2.24) is 4.98 Å². The van der Waals surface area contributed by atoms with E-state index in [2.05, 4.69) is 4.98 Å². The molecule has 1 heterocycles. The number of hydrogen-bond donors (Lipinski definition) is 1. The van der Waals surface area contributed by atoms with Crippen LogP contribution in [0.15, 0.2) is 29.6 Å². The number of benzene rings is 1. The summed E-state index contributed by atoms with van der Waals surface area (Å²) < 4.78 is 5.69. The van der Waals surface area contributed by atoms with Crippen LogP contribution in [0.5, 0.6) is 5.75 Å². The van der Waals surface area contributed by atoms with Crippen molar-refractivity contribution in [3.8, 4) is 5.75 Å². The Morgan fingerprint density at radius 2 is 2.24 bits per heavy atom. The van der Waals surface area contributed by atoms with Gasteiger partial charge in [0.2, 0.25) is 0 Å². The lowest BCUT2D eigenvalue weighted by atomic mass is 10.2. The summed E-state index contributed by atoms with van der Waals surface area (Å²) in [5.74, 6) is 0.0754. The van der Waals surface area contributed by atoms with E-state index in [9.17, 15) is 4.79 Å². The van der Waals surface area contributed by atoms with E-state index >= 15 is 0 Å². The first-order valence-electron chi connectivity index (χ1n) is 6.98. The minimum Gasteiger partial charge on any atom is -0.494 e. The molecule has 0 unspecified atom stereocenters. The van der Waals surface area contributed by atoms with Crippen LogP contribution in [0, 0.1) is 6.92 Å². The summed E-state index contributed by atoms with van der Waals surface area (Å²) in [7, 11) is 0. The van der Waals surface area contributed by atoms with Crippen molar-refractivity contribution in [3.63, 3.8) is 0 Å². The second-order valence-electron chi connectivity index (χ2n) is 4.93. The van der Waals surface area contributed by atoms with E-state index in [1.165, 1.54) is 16.9 Å². The van der Waals surface area contributed by atoms with Crippen LogP contribution in [0.3, 0.4) is 0 Å². The summed E-state index contributed by atoms with van der Waals surface area (Å²) in [6.07, 6.45) is 2.84. The van der Waals surface area contributed by atoms with Gasteiger partial charge < -0.3 is 9.84 Å². The zero-order chi connectivity index (χ0) is 15.1. The van der Waals surface area contributed by atoms with Gasteiger partial charge in [-0.3, -0.25) is 4.79 Å². The van der Waals surface area contributed by atoms with Gasteiger partial charge in [0.1, 0.15) is 5.75 Å². The Bertz CT molecular complexity index is 595. The second kappa shape index (κ2) is 7.78. The van der Waals surface area contributed by atoms with E-state index < -0.39 is 5.97 Å². The lowest BCUT2D eigenvalue weighted by Gasteiger charge is -2.06. The molecule has 0 atom stereocenters. The maximum atomic E-state index is 10.6. The van der Waals surface area contributed by atoms with E-state index in [-0.39, 0.29) is 6.42 Å². The number of carboxylic acid groups (broad SMARTS) is 1. The van der Waals surface area contributed by atoms with Gasteiger partial charge in [-0.1, -0.05) is 12.1 Å². The van der Waals surface area contributed by atoms with Crippen LogP contribution in [0.1, 0.15) is 29.1 Å². The van der Waals surface area contributed by atoms with Crippen LogP contribution in [0.25, 0.3) is 0 Å². The van der Waals surface area contributed by atoms with Gasteiger partial charge in [0, 0.05) is 5.38 Å². The Morgan fingerprint density at radius 1 is 1.38 bits per heavy atom. The molecule has 1 aromatic heterocycles. The smallest absolute Gasteiger partial charge is 0.309 e. The molecule has 1 N–H and O–H groups in total. The third-order valence-corrected chi connectivity index (χ3v) is 3.93. The lowest BCUT2D eigenvalue weighted by molar-refractivity contribution is -0.136. The van der Waals surface area contributed by atoms with Crippen molar-refractivity contribution in [2.24, 2.45) is 0 Å². The molecule has 21 heavy (non-hydrogen) atoms. The molecule has 0 radical (unpaired) electrons.